The third-order valence-corrected chi connectivity index (χ3v) is 5.47. The third-order valence-electron chi connectivity index (χ3n) is 4.15. The molecule has 1 aliphatic heterocycles. The fraction of sp³-hybridized carbons (Fsp3) is 0.222. The first kappa shape index (κ1) is 14.1. The van der Waals surface area contributed by atoms with Gasteiger partial charge in [-0.25, -0.2) is 0 Å². The van der Waals surface area contributed by atoms with Gasteiger partial charge in [-0.3, -0.25) is 0 Å². The predicted octanol–water partition coefficient (Wildman–Crippen LogP) is 4.94. The summed E-state index contributed by atoms with van der Waals surface area (Å²) in [6.45, 7) is 4.10. The van der Waals surface area contributed by atoms with E-state index >= 15 is 0 Å². The van der Waals surface area contributed by atoms with Crippen molar-refractivity contribution < 1.29 is 0 Å². The van der Waals surface area contributed by atoms with E-state index in [9.17, 15) is 0 Å². The van der Waals surface area contributed by atoms with Gasteiger partial charge in [0.2, 0.25) is 0 Å². The summed E-state index contributed by atoms with van der Waals surface area (Å²) in [7, 11) is 0. The first-order valence-corrected chi connectivity index (χ1v) is 8.68. The van der Waals surface area contributed by atoms with E-state index in [1.807, 2.05) is 0 Å². The second kappa shape index (κ2) is 5.58. The Bertz CT molecular complexity index is 873. The van der Waals surface area contributed by atoms with Crippen LogP contribution in [-0.2, 0) is 13.0 Å². The number of hydrogen-bond acceptors (Lipinski definition) is 2. The topological polar surface area (TPSA) is 17.0 Å². The summed E-state index contributed by atoms with van der Waals surface area (Å²) in [6.07, 6.45) is 5.43. The minimum Gasteiger partial charge on any atom is -0.319 e. The Morgan fingerprint density at radius 1 is 1.32 bits per heavy atom. The van der Waals surface area contributed by atoms with E-state index < -0.39 is 0 Å². The van der Waals surface area contributed by atoms with Gasteiger partial charge in [-0.05, 0) is 24.6 Å². The number of nitrogens with zero attached hydrogens (tertiary/aromatic N) is 1. The molecule has 0 spiro atoms. The first-order chi connectivity index (χ1) is 10.7. The molecule has 1 aliphatic rings. The van der Waals surface area contributed by atoms with E-state index in [-0.39, 0.29) is 0 Å². The van der Waals surface area contributed by atoms with Gasteiger partial charge in [-0.15, -0.1) is 11.3 Å². The van der Waals surface area contributed by atoms with Crippen molar-refractivity contribution in [3.05, 3.63) is 57.1 Å². The van der Waals surface area contributed by atoms with Crippen LogP contribution < -0.4 is 5.32 Å². The smallest absolute Gasteiger partial charge is 0.0956 e. The Balaban J connectivity index is 1.83. The number of hydrogen-bond donors (Lipinski definition) is 1. The summed E-state index contributed by atoms with van der Waals surface area (Å²) >= 11 is 7.92. The normalized spacial score (nSPS) is 14.8. The van der Waals surface area contributed by atoms with Gasteiger partial charge in [0, 0.05) is 37.0 Å². The van der Waals surface area contributed by atoms with Gasteiger partial charge in [-0.2, -0.15) is 0 Å². The zero-order valence-corrected chi connectivity index (χ0v) is 14.0. The molecule has 0 unspecified atom stereocenters. The standard InChI is InChI=1S/C18H17ClN2S/c1-12-3-2-4-13(9-12)6-8-21-15-5-7-20-11-14(15)18-16(21)10-17(19)22-18/h2-4,6,8-10,20H,5,7,11H2,1H3/b8-6+. The molecule has 0 radical (unpaired) electrons. The van der Waals surface area contributed by atoms with E-state index in [1.54, 1.807) is 11.3 Å². The minimum atomic E-state index is 0.857. The zero-order chi connectivity index (χ0) is 15.1. The van der Waals surface area contributed by atoms with Crippen molar-refractivity contribution in [2.75, 3.05) is 6.54 Å². The van der Waals surface area contributed by atoms with Crippen LogP contribution >= 0.6 is 22.9 Å². The number of aromatic nitrogens is 1. The highest BCUT2D eigenvalue weighted by Crippen LogP contribution is 2.37. The fourth-order valence-electron chi connectivity index (χ4n) is 3.15. The molecule has 112 valence electrons. The second-order valence-corrected chi connectivity index (χ2v) is 7.40. The van der Waals surface area contributed by atoms with E-state index in [0.29, 0.717) is 0 Å². The van der Waals surface area contributed by atoms with Crippen LogP contribution in [0.4, 0.5) is 0 Å². The van der Waals surface area contributed by atoms with Crippen LogP contribution in [0.2, 0.25) is 4.34 Å². The molecule has 3 heterocycles. The molecule has 3 aromatic rings. The van der Waals surface area contributed by atoms with Crippen LogP contribution in [0.1, 0.15) is 22.4 Å². The van der Waals surface area contributed by atoms with Crippen LogP contribution in [0, 0.1) is 6.92 Å². The number of nitrogens with one attached hydrogen (secondary N) is 1. The molecule has 1 aromatic carbocycles. The van der Waals surface area contributed by atoms with Crippen LogP contribution in [0.15, 0.2) is 30.3 Å². The van der Waals surface area contributed by atoms with Crippen molar-refractivity contribution in [3.8, 4) is 0 Å². The molecule has 0 saturated carbocycles. The highest BCUT2D eigenvalue weighted by molar-refractivity contribution is 7.22. The Morgan fingerprint density at radius 2 is 2.23 bits per heavy atom. The molecule has 1 N–H and O–H groups in total. The molecule has 0 bridgehead atoms. The van der Waals surface area contributed by atoms with E-state index in [2.05, 4.69) is 59.4 Å². The molecule has 22 heavy (non-hydrogen) atoms. The Kier molecular flexibility index (Phi) is 3.57. The quantitative estimate of drug-likeness (QED) is 0.705. The molecular weight excluding hydrogens is 312 g/mol. The van der Waals surface area contributed by atoms with Crippen molar-refractivity contribution in [1.29, 1.82) is 0 Å². The number of halogens is 1. The van der Waals surface area contributed by atoms with Crippen molar-refractivity contribution in [1.82, 2.24) is 9.88 Å². The average molecular weight is 329 g/mol. The van der Waals surface area contributed by atoms with Gasteiger partial charge in [0.1, 0.15) is 0 Å². The third kappa shape index (κ3) is 2.39. The maximum atomic E-state index is 6.24. The predicted molar refractivity (Wildman–Crippen MR) is 96.6 cm³/mol. The summed E-state index contributed by atoms with van der Waals surface area (Å²) in [5.74, 6) is 0. The van der Waals surface area contributed by atoms with Crippen molar-refractivity contribution in [2.24, 2.45) is 0 Å². The minimum absolute atomic E-state index is 0.857. The summed E-state index contributed by atoms with van der Waals surface area (Å²) in [5.41, 5.74) is 6.57. The average Bonchev–Trinajstić information content (AvgIpc) is 3.01. The fourth-order valence-corrected chi connectivity index (χ4v) is 4.42. The van der Waals surface area contributed by atoms with Gasteiger partial charge in [-0.1, -0.05) is 41.4 Å². The zero-order valence-electron chi connectivity index (χ0n) is 12.4. The van der Waals surface area contributed by atoms with Crippen LogP contribution in [0.3, 0.4) is 0 Å². The van der Waals surface area contributed by atoms with Crippen molar-refractivity contribution in [3.63, 3.8) is 0 Å². The first-order valence-electron chi connectivity index (χ1n) is 7.49. The lowest BCUT2D eigenvalue weighted by Gasteiger charge is -2.15. The van der Waals surface area contributed by atoms with Crippen molar-refractivity contribution >= 4 is 45.4 Å². The monoisotopic (exact) mass is 328 g/mol. The summed E-state index contributed by atoms with van der Waals surface area (Å²) in [6, 6.07) is 10.6. The molecule has 4 rings (SSSR count). The number of thiophene rings is 1. The van der Waals surface area contributed by atoms with Crippen LogP contribution in [0.25, 0.3) is 22.5 Å². The van der Waals surface area contributed by atoms with Gasteiger partial charge in [0.15, 0.2) is 0 Å². The maximum absolute atomic E-state index is 6.24. The molecule has 2 aromatic heterocycles. The van der Waals surface area contributed by atoms with Gasteiger partial charge >= 0.3 is 0 Å². The molecule has 0 aliphatic carbocycles. The maximum Gasteiger partial charge on any atom is 0.0956 e. The molecule has 2 nitrogen and oxygen atoms in total. The van der Waals surface area contributed by atoms with E-state index in [0.717, 1.165) is 23.8 Å². The lowest BCUT2D eigenvalue weighted by Crippen LogP contribution is -2.24. The molecule has 0 amide bonds. The van der Waals surface area contributed by atoms with Crippen LogP contribution in [-0.4, -0.2) is 11.1 Å². The summed E-state index contributed by atoms with van der Waals surface area (Å²) < 4.78 is 4.49. The van der Waals surface area contributed by atoms with Crippen LogP contribution in [0.5, 0.6) is 0 Å². The lowest BCUT2D eigenvalue weighted by atomic mass is 10.1. The molecule has 4 heteroatoms. The summed E-state index contributed by atoms with van der Waals surface area (Å²) in [5, 5.41) is 3.46. The number of benzene rings is 1. The Hall–Kier alpha value is -1.55. The van der Waals surface area contributed by atoms with E-state index in [1.165, 1.54) is 32.6 Å². The van der Waals surface area contributed by atoms with Gasteiger partial charge in [0.05, 0.1) is 14.6 Å². The highest BCUT2D eigenvalue weighted by atomic mass is 35.5. The SMILES string of the molecule is Cc1cccc(/C=C/n2c3c(c4sc(Cl)cc42)CNCC3)c1. The van der Waals surface area contributed by atoms with Gasteiger partial charge in [0.25, 0.3) is 0 Å². The molecule has 0 atom stereocenters. The molecular formula is C18H17ClN2S. The van der Waals surface area contributed by atoms with Gasteiger partial charge < -0.3 is 9.88 Å². The Labute approximate surface area is 139 Å². The number of rotatable bonds is 2. The number of fused-ring (bicyclic) bond motifs is 3. The summed E-state index contributed by atoms with van der Waals surface area (Å²) in [4.78, 5) is 0. The lowest BCUT2D eigenvalue weighted by molar-refractivity contribution is 0.634. The second-order valence-electron chi connectivity index (χ2n) is 5.72. The molecule has 0 fully saturated rings. The Morgan fingerprint density at radius 3 is 3.09 bits per heavy atom. The number of aryl methyl sites for hydroxylation is 1. The molecule has 0 saturated heterocycles. The highest BCUT2D eigenvalue weighted by Gasteiger charge is 2.20. The van der Waals surface area contributed by atoms with E-state index in [4.69, 9.17) is 11.6 Å². The van der Waals surface area contributed by atoms with Crippen molar-refractivity contribution in [2.45, 2.75) is 19.9 Å². The largest absolute Gasteiger partial charge is 0.319 e.